The summed E-state index contributed by atoms with van der Waals surface area (Å²) in [6.07, 6.45) is 5.00. The van der Waals surface area contributed by atoms with Gasteiger partial charge < -0.3 is 10.6 Å². The van der Waals surface area contributed by atoms with Gasteiger partial charge in [0.15, 0.2) is 0 Å². The normalized spacial score (nSPS) is 14.6. The molecule has 6 heteroatoms. The standard InChI is InChI=1S/C10H13ClN4O/c11-8-5-12-6-15-9(8)13-3-4-14-10(16)7-1-2-7/h5-7H,1-4H2,(H,14,16)(H,12,13,15). The fraction of sp³-hybridized carbons (Fsp3) is 0.500. The van der Waals surface area contributed by atoms with Crippen molar-refractivity contribution >= 4 is 23.3 Å². The van der Waals surface area contributed by atoms with Gasteiger partial charge in [-0.2, -0.15) is 0 Å². The molecule has 1 aliphatic carbocycles. The van der Waals surface area contributed by atoms with Gasteiger partial charge in [-0.15, -0.1) is 0 Å². The maximum absolute atomic E-state index is 11.3. The molecule has 1 aliphatic rings. The van der Waals surface area contributed by atoms with E-state index in [1.54, 1.807) is 0 Å². The number of nitrogens with zero attached hydrogens (tertiary/aromatic N) is 2. The first-order valence-electron chi connectivity index (χ1n) is 5.24. The number of carbonyl (C=O) groups excluding carboxylic acids is 1. The van der Waals surface area contributed by atoms with Crippen molar-refractivity contribution in [3.63, 3.8) is 0 Å². The zero-order valence-electron chi connectivity index (χ0n) is 8.74. The molecule has 16 heavy (non-hydrogen) atoms. The molecule has 86 valence electrons. The van der Waals surface area contributed by atoms with E-state index in [2.05, 4.69) is 20.6 Å². The Hall–Kier alpha value is -1.36. The summed E-state index contributed by atoms with van der Waals surface area (Å²) >= 11 is 5.85. The average Bonchev–Trinajstić information content (AvgIpc) is 3.10. The largest absolute Gasteiger partial charge is 0.367 e. The summed E-state index contributed by atoms with van der Waals surface area (Å²) in [5, 5.41) is 6.36. The molecule has 0 spiro atoms. The Labute approximate surface area is 98.6 Å². The lowest BCUT2D eigenvalue weighted by atomic mass is 10.4. The smallest absolute Gasteiger partial charge is 0.223 e. The Morgan fingerprint density at radius 1 is 1.50 bits per heavy atom. The fourth-order valence-electron chi connectivity index (χ4n) is 1.30. The Balaban J connectivity index is 1.67. The second-order valence-electron chi connectivity index (χ2n) is 3.71. The first-order chi connectivity index (χ1) is 7.77. The van der Waals surface area contributed by atoms with Crippen LogP contribution in [-0.2, 0) is 4.79 Å². The van der Waals surface area contributed by atoms with Gasteiger partial charge in [-0.1, -0.05) is 11.6 Å². The summed E-state index contributed by atoms with van der Waals surface area (Å²) in [6.45, 7) is 1.19. The van der Waals surface area contributed by atoms with E-state index in [4.69, 9.17) is 11.6 Å². The van der Waals surface area contributed by atoms with Crippen LogP contribution in [0.25, 0.3) is 0 Å². The van der Waals surface area contributed by atoms with Gasteiger partial charge in [-0.05, 0) is 12.8 Å². The highest BCUT2D eigenvalue weighted by Crippen LogP contribution is 2.28. The third-order valence-corrected chi connectivity index (χ3v) is 2.61. The minimum absolute atomic E-state index is 0.149. The van der Waals surface area contributed by atoms with E-state index in [9.17, 15) is 4.79 Å². The van der Waals surface area contributed by atoms with Gasteiger partial charge >= 0.3 is 0 Å². The molecule has 0 aliphatic heterocycles. The average molecular weight is 241 g/mol. The topological polar surface area (TPSA) is 66.9 Å². The molecule has 5 nitrogen and oxygen atoms in total. The molecule has 0 aromatic carbocycles. The third kappa shape index (κ3) is 3.06. The fourth-order valence-corrected chi connectivity index (χ4v) is 1.47. The summed E-state index contributed by atoms with van der Waals surface area (Å²) in [4.78, 5) is 19.0. The highest BCUT2D eigenvalue weighted by Gasteiger charge is 2.28. The number of rotatable bonds is 5. The molecule has 1 aromatic rings. The van der Waals surface area contributed by atoms with Gasteiger partial charge in [0.2, 0.25) is 5.91 Å². The zero-order valence-corrected chi connectivity index (χ0v) is 9.50. The number of anilines is 1. The summed E-state index contributed by atoms with van der Waals surface area (Å²) in [5.74, 6) is 0.996. The maximum Gasteiger partial charge on any atom is 0.223 e. The first kappa shape index (κ1) is 11.1. The van der Waals surface area contributed by atoms with Crippen LogP contribution in [0.2, 0.25) is 5.02 Å². The summed E-state index contributed by atoms with van der Waals surface area (Å²) in [6, 6.07) is 0. The van der Waals surface area contributed by atoms with E-state index < -0.39 is 0 Å². The Morgan fingerprint density at radius 3 is 3.00 bits per heavy atom. The lowest BCUT2D eigenvalue weighted by molar-refractivity contribution is -0.122. The van der Waals surface area contributed by atoms with E-state index in [0.717, 1.165) is 12.8 Å². The van der Waals surface area contributed by atoms with Crippen LogP contribution in [0.15, 0.2) is 12.5 Å². The van der Waals surface area contributed by atoms with E-state index >= 15 is 0 Å². The van der Waals surface area contributed by atoms with Crippen LogP contribution in [0.5, 0.6) is 0 Å². The third-order valence-electron chi connectivity index (χ3n) is 2.33. The molecule has 1 amide bonds. The quantitative estimate of drug-likeness (QED) is 0.756. The second kappa shape index (κ2) is 5.12. The van der Waals surface area contributed by atoms with Gasteiger partial charge in [-0.25, -0.2) is 9.97 Å². The molecule has 2 N–H and O–H groups in total. The number of halogens is 1. The van der Waals surface area contributed by atoms with E-state index in [-0.39, 0.29) is 11.8 Å². The molecule has 1 aromatic heterocycles. The first-order valence-corrected chi connectivity index (χ1v) is 5.62. The Kier molecular flexibility index (Phi) is 3.56. The Morgan fingerprint density at radius 2 is 2.31 bits per heavy atom. The number of aromatic nitrogens is 2. The minimum Gasteiger partial charge on any atom is -0.367 e. The van der Waals surface area contributed by atoms with Crippen molar-refractivity contribution in [1.82, 2.24) is 15.3 Å². The summed E-state index contributed by atoms with van der Waals surface area (Å²) in [5.41, 5.74) is 0. The molecule has 1 saturated carbocycles. The molecule has 0 radical (unpaired) electrons. The van der Waals surface area contributed by atoms with Gasteiger partial charge in [0.25, 0.3) is 0 Å². The monoisotopic (exact) mass is 240 g/mol. The van der Waals surface area contributed by atoms with Crippen molar-refractivity contribution in [1.29, 1.82) is 0 Å². The number of carbonyl (C=O) groups is 1. The molecule has 2 rings (SSSR count). The molecule has 1 fully saturated rings. The summed E-state index contributed by atoms with van der Waals surface area (Å²) in [7, 11) is 0. The van der Waals surface area contributed by atoms with Crippen LogP contribution < -0.4 is 10.6 Å². The number of nitrogens with one attached hydrogen (secondary N) is 2. The van der Waals surface area contributed by atoms with Crippen molar-refractivity contribution in [2.75, 3.05) is 18.4 Å². The van der Waals surface area contributed by atoms with Crippen molar-refractivity contribution in [3.8, 4) is 0 Å². The molecular weight excluding hydrogens is 228 g/mol. The van der Waals surface area contributed by atoms with Crippen LogP contribution in [0, 0.1) is 5.92 Å². The molecule has 0 unspecified atom stereocenters. The van der Waals surface area contributed by atoms with Gasteiger partial charge in [0.05, 0.1) is 6.20 Å². The van der Waals surface area contributed by atoms with Crippen molar-refractivity contribution < 1.29 is 4.79 Å². The maximum atomic E-state index is 11.3. The molecule has 0 saturated heterocycles. The van der Waals surface area contributed by atoms with Crippen LogP contribution >= 0.6 is 11.6 Å². The zero-order chi connectivity index (χ0) is 11.4. The summed E-state index contributed by atoms with van der Waals surface area (Å²) < 4.78 is 0. The van der Waals surface area contributed by atoms with Crippen LogP contribution in [0.4, 0.5) is 5.82 Å². The van der Waals surface area contributed by atoms with Crippen LogP contribution in [-0.4, -0.2) is 29.0 Å². The SMILES string of the molecule is O=C(NCCNc1ncncc1Cl)C1CC1. The lowest BCUT2D eigenvalue weighted by Gasteiger charge is -2.07. The Bertz CT molecular complexity index is 381. The number of hydrogen-bond acceptors (Lipinski definition) is 4. The minimum atomic E-state index is 0.149. The van der Waals surface area contributed by atoms with E-state index in [0.29, 0.717) is 23.9 Å². The van der Waals surface area contributed by atoms with E-state index in [1.165, 1.54) is 12.5 Å². The van der Waals surface area contributed by atoms with Crippen molar-refractivity contribution in [3.05, 3.63) is 17.5 Å². The van der Waals surface area contributed by atoms with E-state index in [1.807, 2.05) is 0 Å². The van der Waals surface area contributed by atoms with Crippen molar-refractivity contribution in [2.24, 2.45) is 5.92 Å². The predicted octanol–water partition coefficient (Wildman–Crippen LogP) is 1.07. The number of amides is 1. The predicted molar refractivity (Wildman–Crippen MR) is 61.3 cm³/mol. The van der Waals surface area contributed by atoms with Gasteiger partial charge in [0.1, 0.15) is 17.2 Å². The molecule has 1 heterocycles. The molecule has 0 atom stereocenters. The number of hydrogen-bond donors (Lipinski definition) is 2. The molecular formula is C10H13ClN4O. The van der Waals surface area contributed by atoms with Crippen LogP contribution in [0.1, 0.15) is 12.8 Å². The van der Waals surface area contributed by atoms with Gasteiger partial charge in [0, 0.05) is 19.0 Å². The lowest BCUT2D eigenvalue weighted by Crippen LogP contribution is -2.29. The highest BCUT2D eigenvalue weighted by atomic mass is 35.5. The van der Waals surface area contributed by atoms with Crippen molar-refractivity contribution in [2.45, 2.75) is 12.8 Å². The molecule has 0 bridgehead atoms. The van der Waals surface area contributed by atoms with Crippen LogP contribution in [0.3, 0.4) is 0 Å². The highest BCUT2D eigenvalue weighted by molar-refractivity contribution is 6.32. The second-order valence-corrected chi connectivity index (χ2v) is 4.12. The van der Waals surface area contributed by atoms with Gasteiger partial charge in [-0.3, -0.25) is 4.79 Å².